The Morgan fingerprint density at radius 2 is 2.33 bits per heavy atom. The Kier molecular flexibility index (Phi) is 2.30. The maximum absolute atomic E-state index is 8.54. The molecular formula is C9H6N2O. The van der Waals surface area contributed by atoms with Crippen LogP contribution in [0.25, 0.3) is 4.85 Å². The zero-order valence-electron chi connectivity index (χ0n) is 6.53. The number of rotatable bonds is 1. The van der Waals surface area contributed by atoms with Gasteiger partial charge in [-0.1, -0.05) is 12.1 Å². The fourth-order valence-electron chi connectivity index (χ4n) is 0.840. The molecule has 0 atom stereocenters. The molecule has 0 unspecified atom stereocenters. The van der Waals surface area contributed by atoms with Gasteiger partial charge in [0.05, 0.1) is 25.3 Å². The van der Waals surface area contributed by atoms with E-state index in [4.69, 9.17) is 16.6 Å². The third-order valence-corrected chi connectivity index (χ3v) is 1.43. The molecule has 1 aromatic carbocycles. The molecule has 0 radical (unpaired) electrons. The highest BCUT2D eigenvalue weighted by Gasteiger charge is 2.02. The molecule has 0 bridgehead atoms. The van der Waals surface area contributed by atoms with E-state index in [1.807, 2.05) is 6.07 Å². The third-order valence-electron chi connectivity index (χ3n) is 1.43. The van der Waals surface area contributed by atoms with Crippen LogP contribution in [0.5, 0.6) is 5.75 Å². The Hall–Kier alpha value is -2.00. The van der Waals surface area contributed by atoms with Gasteiger partial charge in [0.1, 0.15) is 5.75 Å². The Morgan fingerprint density at radius 1 is 1.58 bits per heavy atom. The molecule has 0 amide bonds. The van der Waals surface area contributed by atoms with E-state index >= 15 is 0 Å². The average molecular weight is 158 g/mol. The second-order valence-electron chi connectivity index (χ2n) is 2.11. The number of nitrogens with zero attached hydrogens (tertiary/aromatic N) is 2. The van der Waals surface area contributed by atoms with Crippen molar-refractivity contribution in [1.29, 1.82) is 5.26 Å². The Bertz CT molecular complexity index is 371. The molecule has 0 aliphatic heterocycles. The highest BCUT2D eigenvalue weighted by atomic mass is 16.5. The number of benzene rings is 1. The summed E-state index contributed by atoms with van der Waals surface area (Å²) in [5, 5.41) is 8.54. The van der Waals surface area contributed by atoms with E-state index in [0.717, 1.165) is 0 Å². The lowest BCUT2D eigenvalue weighted by Crippen LogP contribution is -1.83. The van der Waals surface area contributed by atoms with Crippen LogP contribution in [-0.4, -0.2) is 7.11 Å². The molecule has 0 spiro atoms. The summed E-state index contributed by atoms with van der Waals surface area (Å²) in [6.07, 6.45) is 0. The normalized spacial score (nSPS) is 8.25. The predicted molar refractivity (Wildman–Crippen MR) is 44.0 cm³/mol. The van der Waals surface area contributed by atoms with Crippen LogP contribution in [0, 0.1) is 17.9 Å². The summed E-state index contributed by atoms with van der Waals surface area (Å²) in [6.45, 7) is 6.78. The van der Waals surface area contributed by atoms with Gasteiger partial charge in [-0.3, -0.25) is 0 Å². The molecule has 0 heterocycles. The first kappa shape index (κ1) is 8.10. The number of ether oxygens (including phenoxy) is 1. The highest BCUT2D eigenvalue weighted by molar-refractivity contribution is 5.60. The molecule has 12 heavy (non-hydrogen) atoms. The summed E-state index contributed by atoms with van der Waals surface area (Å²) in [5.74, 6) is 0.448. The van der Waals surface area contributed by atoms with Crippen molar-refractivity contribution >= 4 is 5.69 Å². The van der Waals surface area contributed by atoms with E-state index in [-0.39, 0.29) is 0 Å². The molecule has 3 heteroatoms. The molecule has 0 N–H and O–H groups in total. The van der Waals surface area contributed by atoms with E-state index in [1.165, 1.54) is 7.11 Å². The first-order valence-corrected chi connectivity index (χ1v) is 3.27. The first-order chi connectivity index (χ1) is 5.81. The molecule has 0 saturated carbocycles. The van der Waals surface area contributed by atoms with Crippen molar-refractivity contribution in [3.05, 3.63) is 35.2 Å². The lowest BCUT2D eigenvalue weighted by atomic mass is 10.2. The van der Waals surface area contributed by atoms with E-state index in [9.17, 15) is 0 Å². The summed E-state index contributed by atoms with van der Waals surface area (Å²) in [5.41, 5.74) is 0.927. The van der Waals surface area contributed by atoms with Crippen LogP contribution >= 0.6 is 0 Å². The van der Waals surface area contributed by atoms with Crippen molar-refractivity contribution in [3.63, 3.8) is 0 Å². The minimum absolute atomic E-state index is 0.427. The van der Waals surface area contributed by atoms with Crippen LogP contribution in [0.2, 0.25) is 0 Å². The molecule has 0 saturated heterocycles. The summed E-state index contributed by atoms with van der Waals surface area (Å²) in [6, 6.07) is 6.69. The van der Waals surface area contributed by atoms with Crippen LogP contribution < -0.4 is 4.74 Å². The van der Waals surface area contributed by atoms with Gasteiger partial charge in [-0.2, -0.15) is 5.26 Å². The fraction of sp³-hybridized carbons (Fsp3) is 0.111. The smallest absolute Gasteiger partial charge is 0.228 e. The molecule has 1 aromatic rings. The first-order valence-electron chi connectivity index (χ1n) is 3.27. The zero-order chi connectivity index (χ0) is 8.97. The Balaban J connectivity index is 3.24. The van der Waals surface area contributed by atoms with Gasteiger partial charge < -0.3 is 4.74 Å². The number of hydrogen-bond donors (Lipinski definition) is 0. The molecule has 0 aliphatic carbocycles. The van der Waals surface area contributed by atoms with Gasteiger partial charge >= 0.3 is 0 Å². The quantitative estimate of drug-likeness (QED) is 0.587. The zero-order valence-corrected chi connectivity index (χ0v) is 6.53. The van der Waals surface area contributed by atoms with Gasteiger partial charge in [0.2, 0.25) is 5.69 Å². The van der Waals surface area contributed by atoms with Crippen LogP contribution in [-0.2, 0) is 0 Å². The summed E-state index contributed by atoms with van der Waals surface area (Å²) < 4.78 is 4.91. The topological polar surface area (TPSA) is 37.4 Å². The van der Waals surface area contributed by atoms with E-state index in [2.05, 4.69) is 4.85 Å². The lowest BCUT2D eigenvalue weighted by Gasteiger charge is -2.01. The van der Waals surface area contributed by atoms with Gasteiger partial charge in [0.15, 0.2) is 0 Å². The van der Waals surface area contributed by atoms with Gasteiger partial charge in [0.25, 0.3) is 0 Å². The van der Waals surface area contributed by atoms with E-state index in [1.54, 1.807) is 18.2 Å². The summed E-state index contributed by atoms with van der Waals surface area (Å²) >= 11 is 0. The average Bonchev–Trinajstić information content (AvgIpc) is 2.16. The summed E-state index contributed by atoms with van der Waals surface area (Å²) in [7, 11) is 1.48. The van der Waals surface area contributed by atoms with Crippen molar-refractivity contribution in [2.75, 3.05) is 7.11 Å². The van der Waals surface area contributed by atoms with Gasteiger partial charge in [-0.15, -0.1) is 0 Å². The minimum atomic E-state index is 0.427. The van der Waals surface area contributed by atoms with Gasteiger partial charge in [0, 0.05) is 0 Å². The van der Waals surface area contributed by atoms with Gasteiger partial charge in [-0.25, -0.2) is 4.85 Å². The highest BCUT2D eigenvalue weighted by Crippen LogP contribution is 2.27. The second kappa shape index (κ2) is 3.41. The largest absolute Gasteiger partial charge is 0.508 e. The lowest BCUT2D eigenvalue weighted by molar-refractivity contribution is 0.417. The molecule has 0 aromatic heterocycles. The number of nitriles is 1. The summed E-state index contributed by atoms with van der Waals surface area (Å²) in [4.78, 5) is 3.23. The van der Waals surface area contributed by atoms with Crippen molar-refractivity contribution < 1.29 is 4.74 Å². The minimum Gasteiger partial charge on any atom is -0.508 e. The van der Waals surface area contributed by atoms with Crippen LogP contribution in [0.4, 0.5) is 5.69 Å². The Morgan fingerprint density at radius 3 is 2.83 bits per heavy atom. The molecule has 1 rings (SSSR count). The molecule has 0 fully saturated rings. The molecule has 58 valence electrons. The SMILES string of the molecule is [C-]#[N+]c1ccc(C#N)cc1OC. The van der Waals surface area contributed by atoms with Crippen LogP contribution in [0.1, 0.15) is 5.56 Å². The van der Waals surface area contributed by atoms with E-state index in [0.29, 0.717) is 17.0 Å². The maximum atomic E-state index is 8.54. The molecule has 0 aliphatic rings. The monoisotopic (exact) mass is 158 g/mol. The van der Waals surface area contributed by atoms with Crippen molar-refractivity contribution in [2.24, 2.45) is 0 Å². The number of hydrogen-bond acceptors (Lipinski definition) is 2. The molecular weight excluding hydrogens is 152 g/mol. The standard InChI is InChI=1S/C9H6N2O/c1-11-8-4-3-7(6-10)5-9(8)12-2/h3-5H,2H3. The predicted octanol–water partition coefficient (Wildman–Crippen LogP) is 2.12. The van der Waals surface area contributed by atoms with Crippen LogP contribution in [0.3, 0.4) is 0 Å². The Labute approximate surface area is 70.6 Å². The fourth-order valence-corrected chi connectivity index (χ4v) is 0.840. The second-order valence-corrected chi connectivity index (χ2v) is 2.11. The third kappa shape index (κ3) is 1.36. The van der Waals surface area contributed by atoms with E-state index < -0.39 is 0 Å². The maximum Gasteiger partial charge on any atom is 0.228 e. The van der Waals surface area contributed by atoms with Crippen molar-refractivity contribution in [2.45, 2.75) is 0 Å². The van der Waals surface area contributed by atoms with Crippen molar-refractivity contribution in [1.82, 2.24) is 0 Å². The van der Waals surface area contributed by atoms with Gasteiger partial charge in [-0.05, 0) is 6.07 Å². The number of methoxy groups -OCH3 is 1. The van der Waals surface area contributed by atoms with Crippen molar-refractivity contribution in [3.8, 4) is 11.8 Å². The molecule has 3 nitrogen and oxygen atoms in total. The van der Waals surface area contributed by atoms with Crippen LogP contribution in [0.15, 0.2) is 18.2 Å².